The number of hydrogen-bond donors (Lipinski definition) is 1. The molecule has 1 heterocycles. The molecule has 2 rings (SSSR count). The summed E-state index contributed by atoms with van der Waals surface area (Å²) in [4.78, 5) is 20.5. The maximum Gasteiger partial charge on any atom is 0.223 e. The highest BCUT2D eigenvalue weighted by Crippen LogP contribution is 2.25. The van der Waals surface area contributed by atoms with Gasteiger partial charge in [-0.15, -0.1) is 0 Å². The molecule has 0 radical (unpaired) electrons. The van der Waals surface area contributed by atoms with Crippen LogP contribution in [0.5, 0.6) is 0 Å². The number of carbonyl (C=O) groups is 1. The highest BCUT2D eigenvalue weighted by molar-refractivity contribution is 5.78. The molecule has 1 aliphatic rings. The van der Waals surface area contributed by atoms with E-state index < -0.39 is 0 Å². The molecule has 104 valence electrons. The molecule has 0 atom stereocenters. The first-order chi connectivity index (χ1) is 8.98. The Kier molecular flexibility index (Phi) is 4.17. The lowest BCUT2D eigenvalue weighted by molar-refractivity contribution is -0.124. The third-order valence-corrected chi connectivity index (χ3v) is 3.68. The van der Waals surface area contributed by atoms with Crippen LogP contribution in [0.25, 0.3) is 0 Å². The fourth-order valence-electron chi connectivity index (χ4n) is 2.68. The Labute approximate surface area is 115 Å². The van der Waals surface area contributed by atoms with Crippen molar-refractivity contribution in [1.29, 1.82) is 0 Å². The van der Waals surface area contributed by atoms with Crippen LogP contribution in [-0.4, -0.2) is 15.9 Å². The Morgan fingerprint density at radius 2 is 2.05 bits per heavy atom. The molecule has 19 heavy (non-hydrogen) atoms. The van der Waals surface area contributed by atoms with Gasteiger partial charge in [0, 0.05) is 29.6 Å². The van der Waals surface area contributed by atoms with Crippen molar-refractivity contribution in [3.05, 3.63) is 23.8 Å². The topological polar surface area (TPSA) is 54.9 Å². The van der Waals surface area contributed by atoms with Crippen molar-refractivity contribution in [2.24, 2.45) is 5.92 Å². The Bertz CT molecular complexity index is 445. The van der Waals surface area contributed by atoms with Crippen LogP contribution in [-0.2, 0) is 16.8 Å². The fraction of sp³-hybridized carbons (Fsp3) is 0.667. The minimum atomic E-state index is -0.0314. The predicted octanol–water partition coefficient (Wildman–Crippen LogP) is 2.58. The second-order valence-electron chi connectivity index (χ2n) is 6.35. The van der Waals surface area contributed by atoms with Gasteiger partial charge in [0.25, 0.3) is 0 Å². The lowest BCUT2D eigenvalue weighted by Gasteiger charge is -2.21. The monoisotopic (exact) mass is 261 g/mol. The summed E-state index contributed by atoms with van der Waals surface area (Å²) in [5, 5.41) is 3.03. The van der Waals surface area contributed by atoms with Crippen molar-refractivity contribution in [1.82, 2.24) is 15.3 Å². The summed E-state index contributed by atoms with van der Waals surface area (Å²) in [5.41, 5.74) is 1.99. The molecule has 1 aromatic heterocycles. The van der Waals surface area contributed by atoms with Crippen LogP contribution in [0, 0.1) is 5.92 Å². The summed E-state index contributed by atoms with van der Waals surface area (Å²) < 4.78 is 0. The lowest BCUT2D eigenvalue weighted by Crippen LogP contribution is -2.30. The average Bonchev–Trinajstić information content (AvgIpc) is 2.89. The van der Waals surface area contributed by atoms with E-state index in [1.54, 1.807) is 6.33 Å². The van der Waals surface area contributed by atoms with Gasteiger partial charge in [0.1, 0.15) is 6.33 Å². The smallest absolute Gasteiger partial charge is 0.223 e. The lowest BCUT2D eigenvalue weighted by atomic mass is 9.89. The van der Waals surface area contributed by atoms with E-state index in [-0.39, 0.29) is 17.2 Å². The molecule has 1 N–H and O–H groups in total. The molecule has 1 aliphatic carbocycles. The second kappa shape index (κ2) is 5.68. The number of nitrogens with zero attached hydrogens (tertiary/aromatic N) is 2. The first kappa shape index (κ1) is 14.0. The molecule has 1 saturated carbocycles. The van der Waals surface area contributed by atoms with E-state index >= 15 is 0 Å². The van der Waals surface area contributed by atoms with Crippen molar-refractivity contribution in [3.63, 3.8) is 0 Å². The first-order valence-electron chi connectivity index (χ1n) is 7.05. The van der Waals surface area contributed by atoms with Crippen molar-refractivity contribution in [2.75, 3.05) is 0 Å². The van der Waals surface area contributed by atoms with Crippen LogP contribution in [0.3, 0.4) is 0 Å². The van der Waals surface area contributed by atoms with Gasteiger partial charge in [0.2, 0.25) is 5.91 Å². The number of hydrogen-bond acceptors (Lipinski definition) is 3. The van der Waals surface area contributed by atoms with Gasteiger partial charge in [-0.2, -0.15) is 0 Å². The third kappa shape index (κ3) is 3.52. The van der Waals surface area contributed by atoms with Crippen LogP contribution in [0.4, 0.5) is 0 Å². The van der Waals surface area contributed by atoms with Gasteiger partial charge in [-0.3, -0.25) is 4.79 Å². The van der Waals surface area contributed by atoms with Gasteiger partial charge in [-0.1, -0.05) is 33.6 Å². The number of rotatable bonds is 3. The minimum absolute atomic E-state index is 0.0314. The largest absolute Gasteiger partial charge is 0.352 e. The van der Waals surface area contributed by atoms with Gasteiger partial charge in [-0.25, -0.2) is 9.97 Å². The number of aromatic nitrogens is 2. The third-order valence-electron chi connectivity index (χ3n) is 3.68. The molecular formula is C15H23N3O. The standard InChI is InChI=1S/C15H23N3O/c1-15(2,3)13-12(8-16-10-18-13)9-17-14(19)11-6-4-5-7-11/h8,10-11H,4-7,9H2,1-3H3,(H,17,19). The molecular weight excluding hydrogens is 238 g/mol. The van der Waals surface area contributed by atoms with E-state index in [0.717, 1.165) is 24.1 Å². The van der Waals surface area contributed by atoms with Crippen LogP contribution >= 0.6 is 0 Å². The maximum absolute atomic E-state index is 12.0. The van der Waals surface area contributed by atoms with E-state index in [1.165, 1.54) is 12.8 Å². The Morgan fingerprint density at radius 1 is 1.37 bits per heavy atom. The molecule has 0 aromatic carbocycles. The van der Waals surface area contributed by atoms with E-state index in [0.29, 0.717) is 6.54 Å². The van der Waals surface area contributed by atoms with Crippen LogP contribution in [0.2, 0.25) is 0 Å². The summed E-state index contributed by atoms with van der Waals surface area (Å²) in [6.45, 7) is 6.90. The Hall–Kier alpha value is -1.45. The highest BCUT2D eigenvalue weighted by Gasteiger charge is 2.24. The molecule has 0 saturated heterocycles. The normalized spacial score (nSPS) is 16.6. The summed E-state index contributed by atoms with van der Waals surface area (Å²) in [6.07, 6.45) is 7.80. The quantitative estimate of drug-likeness (QED) is 0.910. The maximum atomic E-state index is 12.0. The molecule has 4 heteroatoms. The van der Waals surface area contributed by atoms with Gasteiger partial charge < -0.3 is 5.32 Å². The van der Waals surface area contributed by atoms with Crippen LogP contribution < -0.4 is 5.32 Å². The molecule has 0 aliphatic heterocycles. The minimum Gasteiger partial charge on any atom is -0.352 e. The Balaban J connectivity index is 2.01. The molecule has 1 amide bonds. The summed E-state index contributed by atoms with van der Waals surface area (Å²) >= 11 is 0. The molecule has 1 aromatic rings. The van der Waals surface area contributed by atoms with Crippen molar-refractivity contribution >= 4 is 5.91 Å². The second-order valence-corrected chi connectivity index (χ2v) is 6.35. The summed E-state index contributed by atoms with van der Waals surface area (Å²) in [7, 11) is 0. The zero-order valence-electron chi connectivity index (χ0n) is 12.1. The van der Waals surface area contributed by atoms with E-state index in [2.05, 4.69) is 36.1 Å². The molecule has 0 unspecified atom stereocenters. The Morgan fingerprint density at radius 3 is 2.68 bits per heavy atom. The summed E-state index contributed by atoms with van der Waals surface area (Å²) in [5.74, 6) is 0.393. The van der Waals surface area contributed by atoms with Crippen molar-refractivity contribution < 1.29 is 4.79 Å². The number of amides is 1. The number of carbonyl (C=O) groups excluding carboxylic acids is 1. The van der Waals surface area contributed by atoms with E-state index in [9.17, 15) is 4.79 Å². The zero-order valence-corrected chi connectivity index (χ0v) is 12.1. The number of nitrogens with one attached hydrogen (secondary N) is 1. The SMILES string of the molecule is CC(C)(C)c1ncncc1CNC(=O)C1CCCC1. The highest BCUT2D eigenvalue weighted by atomic mass is 16.1. The molecule has 0 bridgehead atoms. The molecule has 1 fully saturated rings. The summed E-state index contributed by atoms with van der Waals surface area (Å²) in [6, 6.07) is 0. The van der Waals surface area contributed by atoms with E-state index in [4.69, 9.17) is 0 Å². The predicted molar refractivity (Wildman–Crippen MR) is 74.5 cm³/mol. The molecule has 4 nitrogen and oxygen atoms in total. The van der Waals surface area contributed by atoms with Gasteiger partial charge in [-0.05, 0) is 12.8 Å². The van der Waals surface area contributed by atoms with Crippen molar-refractivity contribution in [2.45, 2.75) is 58.4 Å². The fourth-order valence-corrected chi connectivity index (χ4v) is 2.68. The van der Waals surface area contributed by atoms with E-state index in [1.807, 2.05) is 6.20 Å². The molecule has 0 spiro atoms. The van der Waals surface area contributed by atoms with Gasteiger partial charge in [0.05, 0.1) is 5.69 Å². The van der Waals surface area contributed by atoms with Crippen LogP contribution in [0.1, 0.15) is 57.7 Å². The average molecular weight is 261 g/mol. The first-order valence-corrected chi connectivity index (χ1v) is 7.05. The van der Waals surface area contributed by atoms with Crippen LogP contribution in [0.15, 0.2) is 12.5 Å². The van der Waals surface area contributed by atoms with Crippen molar-refractivity contribution in [3.8, 4) is 0 Å². The zero-order chi connectivity index (χ0) is 13.9. The van der Waals surface area contributed by atoms with Gasteiger partial charge >= 0.3 is 0 Å². The van der Waals surface area contributed by atoms with Gasteiger partial charge in [0.15, 0.2) is 0 Å².